The average Bonchev–Trinajstić information content (AvgIpc) is 2.47. The van der Waals surface area contributed by atoms with Crippen LogP contribution in [-0.2, 0) is 9.98 Å². The Hall–Kier alpha value is -1.66. The Labute approximate surface area is 119 Å². The summed E-state index contributed by atoms with van der Waals surface area (Å²) in [6.07, 6.45) is 1.05. The van der Waals surface area contributed by atoms with Crippen molar-refractivity contribution in [2.24, 2.45) is 0 Å². The van der Waals surface area contributed by atoms with Gasteiger partial charge < -0.3 is 0 Å². The molecule has 0 amide bonds. The molecule has 0 radical (unpaired) electrons. The van der Waals surface area contributed by atoms with E-state index in [4.69, 9.17) is 4.20 Å². The fourth-order valence-corrected chi connectivity index (χ4v) is 3.47. The molecule has 1 atom stereocenters. The minimum Gasteiger partial charge on any atom is -0.250 e. The van der Waals surface area contributed by atoms with Crippen molar-refractivity contribution in [3.05, 3.63) is 48.0 Å². The number of benzene rings is 2. The van der Waals surface area contributed by atoms with Crippen molar-refractivity contribution in [1.29, 1.82) is 0 Å². The fourth-order valence-electron chi connectivity index (χ4n) is 2.44. The quantitative estimate of drug-likeness (QED) is 0.539. The smallest absolute Gasteiger partial charge is 0.250 e. The van der Waals surface area contributed by atoms with Crippen molar-refractivity contribution in [3.8, 4) is 0 Å². The third-order valence-electron chi connectivity index (χ3n) is 4.22. The second kappa shape index (κ2) is 4.71. The molecule has 0 saturated carbocycles. The molecule has 0 saturated heterocycles. The van der Waals surface area contributed by atoms with Crippen LogP contribution in [-0.4, -0.2) is 0 Å². The van der Waals surface area contributed by atoms with E-state index in [2.05, 4.69) is 32.9 Å². The lowest BCUT2D eigenvalue weighted by molar-refractivity contribution is 0.505. The van der Waals surface area contributed by atoms with E-state index >= 15 is 0 Å². The van der Waals surface area contributed by atoms with Gasteiger partial charge in [-0.05, 0) is 46.2 Å². The second-order valence-electron chi connectivity index (χ2n) is 5.81. The van der Waals surface area contributed by atoms with E-state index in [9.17, 15) is 4.57 Å². The third-order valence-corrected chi connectivity index (χ3v) is 5.37. The molecule has 0 spiro atoms. The number of hydrogen-bond acceptors (Lipinski definition) is 2. The van der Waals surface area contributed by atoms with E-state index in [1.807, 2.05) is 30.3 Å². The molecule has 0 aliphatic heterocycles. The van der Waals surface area contributed by atoms with Gasteiger partial charge in [0.2, 0.25) is 5.12 Å². The van der Waals surface area contributed by atoms with E-state index in [0.717, 1.165) is 27.9 Å². The maximum absolute atomic E-state index is 12.2. The highest BCUT2D eigenvalue weighted by atomic mass is 31.1. The lowest BCUT2D eigenvalue weighted by atomic mass is 9.82. The van der Waals surface area contributed by atoms with E-state index < -0.39 is 7.65 Å². The van der Waals surface area contributed by atoms with Gasteiger partial charge in [0.15, 0.2) is 5.58 Å². The van der Waals surface area contributed by atoms with Gasteiger partial charge in [-0.3, -0.25) is 0 Å². The Morgan fingerprint density at radius 1 is 1.10 bits per heavy atom. The van der Waals surface area contributed by atoms with E-state index in [0.29, 0.717) is 0 Å². The summed E-state index contributed by atoms with van der Waals surface area (Å²) in [6, 6.07) is 14.0. The average molecular weight is 285 g/mol. The third kappa shape index (κ3) is 2.05. The summed E-state index contributed by atoms with van der Waals surface area (Å²) >= 11 is 0. The molecule has 3 heteroatoms. The zero-order valence-corrected chi connectivity index (χ0v) is 12.9. The van der Waals surface area contributed by atoms with Gasteiger partial charge in [0.1, 0.15) is 0 Å². The topological polar surface area (TPSA) is 30.2 Å². The lowest BCUT2D eigenvalue weighted by Gasteiger charge is -2.23. The number of hydrogen-bond donors (Lipinski definition) is 0. The van der Waals surface area contributed by atoms with Gasteiger partial charge in [-0.2, -0.15) is 0 Å². The molecular formula is C17H18O2P+. The first-order valence-corrected chi connectivity index (χ1v) is 8.10. The molecule has 0 fully saturated rings. The summed E-state index contributed by atoms with van der Waals surface area (Å²) in [6.45, 7) is 6.60. The Kier molecular flexibility index (Phi) is 3.14. The molecule has 0 N–H and O–H groups in total. The first-order chi connectivity index (χ1) is 9.53. The van der Waals surface area contributed by atoms with Gasteiger partial charge in [-0.1, -0.05) is 39.0 Å². The van der Waals surface area contributed by atoms with Gasteiger partial charge in [-0.15, -0.1) is 0 Å². The number of fused-ring (bicyclic) bond motifs is 3. The van der Waals surface area contributed by atoms with Crippen molar-refractivity contribution in [3.63, 3.8) is 0 Å². The summed E-state index contributed by atoms with van der Waals surface area (Å²) < 4.78 is 17.9. The van der Waals surface area contributed by atoms with Gasteiger partial charge in [-0.25, -0.2) is 4.20 Å². The van der Waals surface area contributed by atoms with Gasteiger partial charge in [0, 0.05) is 10.8 Å². The molecule has 1 aromatic heterocycles. The van der Waals surface area contributed by atoms with Crippen LogP contribution in [0, 0.1) is 0 Å². The summed E-state index contributed by atoms with van der Waals surface area (Å²) in [4.78, 5) is 0. The standard InChI is InChI=1S/C17H18O2P/c1-4-17(2,3)12-9-10-13-14-7-5-6-8-16(14)20(18)19-15(13)11-12/h5-11H,4H2,1-3H3/q+1. The molecule has 2 aromatic carbocycles. The molecule has 0 aliphatic rings. The monoisotopic (exact) mass is 285 g/mol. The van der Waals surface area contributed by atoms with Crippen molar-refractivity contribution in [2.45, 2.75) is 32.6 Å². The van der Waals surface area contributed by atoms with Crippen LogP contribution in [0.5, 0.6) is 0 Å². The predicted octanol–water partition coefficient (Wildman–Crippen LogP) is 6.02. The molecule has 102 valence electrons. The second-order valence-corrected chi connectivity index (χ2v) is 6.99. The Morgan fingerprint density at radius 2 is 1.85 bits per heavy atom. The molecule has 3 rings (SSSR count). The van der Waals surface area contributed by atoms with Crippen molar-refractivity contribution in [2.75, 3.05) is 0 Å². The zero-order chi connectivity index (χ0) is 14.3. The maximum atomic E-state index is 12.2. The van der Waals surface area contributed by atoms with Crippen LogP contribution in [0.3, 0.4) is 0 Å². The first-order valence-electron chi connectivity index (χ1n) is 6.92. The molecule has 1 unspecified atom stereocenters. The van der Waals surface area contributed by atoms with Crippen molar-refractivity contribution >= 4 is 29.1 Å². The summed E-state index contributed by atoms with van der Waals surface area (Å²) in [5.74, 6) is 0. The van der Waals surface area contributed by atoms with Crippen LogP contribution in [0.25, 0.3) is 21.5 Å². The zero-order valence-electron chi connectivity index (χ0n) is 12.0. The van der Waals surface area contributed by atoms with Crippen LogP contribution in [0.1, 0.15) is 32.8 Å². The van der Waals surface area contributed by atoms with Gasteiger partial charge in [0.05, 0.1) is 0 Å². The molecular weight excluding hydrogens is 267 g/mol. The highest BCUT2D eigenvalue weighted by Crippen LogP contribution is 2.37. The van der Waals surface area contributed by atoms with E-state index in [1.165, 1.54) is 5.56 Å². The first kappa shape index (κ1) is 13.3. The van der Waals surface area contributed by atoms with Crippen LogP contribution in [0.4, 0.5) is 0 Å². The van der Waals surface area contributed by atoms with E-state index in [-0.39, 0.29) is 5.41 Å². The summed E-state index contributed by atoms with van der Waals surface area (Å²) in [5, 5.41) is 2.85. The molecule has 1 heterocycles. The van der Waals surface area contributed by atoms with Gasteiger partial charge >= 0.3 is 7.65 Å². The fraction of sp³-hybridized carbons (Fsp3) is 0.294. The van der Waals surface area contributed by atoms with E-state index in [1.54, 1.807) is 0 Å². The highest BCUT2D eigenvalue weighted by Gasteiger charge is 2.21. The van der Waals surface area contributed by atoms with Gasteiger partial charge in [0.25, 0.3) is 0 Å². The van der Waals surface area contributed by atoms with Crippen molar-refractivity contribution in [1.82, 2.24) is 0 Å². The van der Waals surface area contributed by atoms with Crippen molar-refractivity contribution < 1.29 is 8.76 Å². The molecule has 0 aliphatic carbocycles. The number of rotatable bonds is 2. The summed E-state index contributed by atoms with van der Waals surface area (Å²) in [7, 11) is -1.80. The summed E-state index contributed by atoms with van der Waals surface area (Å²) in [5.41, 5.74) is 2.06. The molecule has 20 heavy (non-hydrogen) atoms. The van der Waals surface area contributed by atoms with Crippen LogP contribution in [0.2, 0.25) is 0 Å². The Morgan fingerprint density at radius 3 is 2.60 bits per heavy atom. The predicted molar refractivity (Wildman–Crippen MR) is 84.6 cm³/mol. The maximum Gasteiger partial charge on any atom is 0.597 e. The highest BCUT2D eigenvalue weighted by molar-refractivity contribution is 7.37. The van der Waals surface area contributed by atoms with Crippen LogP contribution < -0.4 is 0 Å². The minimum absolute atomic E-state index is 0.0982. The minimum atomic E-state index is -1.80. The lowest BCUT2D eigenvalue weighted by Crippen LogP contribution is -2.15. The molecule has 2 nitrogen and oxygen atoms in total. The van der Waals surface area contributed by atoms with Crippen LogP contribution >= 0.6 is 7.65 Å². The Balaban J connectivity index is 2.37. The molecule has 0 bridgehead atoms. The Bertz CT molecular complexity index is 846. The van der Waals surface area contributed by atoms with Crippen LogP contribution in [0.15, 0.2) is 46.7 Å². The largest absolute Gasteiger partial charge is 0.597 e. The molecule has 3 aromatic rings. The SMILES string of the molecule is CCC(C)(C)c1ccc2c(c1)o[p+](=O)c1ccccc21. The normalized spacial score (nSPS) is 13.1.